The molecule has 1 N–H and O–H groups in total. The number of likely N-dealkylation sites (tertiary alicyclic amines) is 1. The van der Waals surface area contributed by atoms with Crippen molar-refractivity contribution >= 4 is 34.8 Å². The minimum atomic E-state index is -0.155. The number of hydrogen-bond acceptors (Lipinski definition) is 2. The van der Waals surface area contributed by atoms with Crippen molar-refractivity contribution in [2.75, 3.05) is 18.4 Å². The van der Waals surface area contributed by atoms with Crippen LogP contribution in [-0.4, -0.2) is 29.9 Å². The Morgan fingerprint density at radius 3 is 2.65 bits per heavy atom. The molecule has 1 aromatic carbocycles. The molecule has 1 aliphatic heterocycles. The minimum Gasteiger partial charge on any atom is -0.323 e. The van der Waals surface area contributed by atoms with Crippen LogP contribution in [0.2, 0.25) is 10.0 Å². The van der Waals surface area contributed by atoms with Gasteiger partial charge in [0.05, 0.1) is 16.8 Å². The maximum atomic E-state index is 12.3. The van der Waals surface area contributed by atoms with Gasteiger partial charge in [-0.1, -0.05) is 30.1 Å². The highest BCUT2D eigenvalue weighted by Gasteiger charge is 2.25. The van der Waals surface area contributed by atoms with Gasteiger partial charge in [0, 0.05) is 5.02 Å². The van der Waals surface area contributed by atoms with Gasteiger partial charge in [0.2, 0.25) is 5.91 Å². The number of carbonyl (C=O) groups is 1. The Morgan fingerprint density at radius 2 is 2.00 bits per heavy atom. The van der Waals surface area contributed by atoms with Crippen LogP contribution in [0.3, 0.4) is 0 Å². The molecule has 0 aromatic heterocycles. The highest BCUT2D eigenvalue weighted by atomic mass is 35.5. The molecule has 0 spiro atoms. The van der Waals surface area contributed by atoms with Gasteiger partial charge in [-0.05, 0) is 57.0 Å². The summed E-state index contributed by atoms with van der Waals surface area (Å²) in [5.74, 6) is 0.715. The number of halogens is 2. The molecule has 0 aliphatic carbocycles. The molecule has 1 fully saturated rings. The van der Waals surface area contributed by atoms with Crippen LogP contribution in [-0.2, 0) is 4.79 Å². The summed E-state index contributed by atoms with van der Waals surface area (Å²) in [6.45, 7) is 6.13. The number of benzene rings is 1. The Bertz CT molecular complexity index is 485. The Kier molecular flexibility index (Phi) is 5.30. The Morgan fingerprint density at radius 1 is 1.35 bits per heavy atom. The van der Waals surface area contributed by atoms with E-state index in [0.717, 1.165) is 31.8 Å². The summed E-state index contributed by atoms with van der Waals surface area (Å²) in [4.78, 5) is 14.5. The van der Waals surface area contributed by atoms with Crippen molar-refractivity contribution in [3.05, 3.63) is 28.2 Å². The van der Waals surface area contributed by atoms with E-state index in [2.05, 4.69) is 17.1 Å². The predicted molar refractivity (Wildman–Crippen MR) is 84.5 cm³/mol. The summed E-state index contributed by atoms with van der Waals surface area (Å²) in [6.07, 6.45) is 2.30. The fourth-order valence-electron chi connectivity index (χ4n) is 2.41. The SMILES string of the molecule is CC1CCN(C(C)C(=O)Nc2cc(Cl)ccc2Cl)CC1. The van der Waals surface area contributed by atoms with Crippen molar-refractivity contribution in [2.45, 2.75) is 32.7 Å². The third-order valence-corrected chi connectivity index (χ3v) is 4.50. The Balaban J connectivity index is 1.99. The van der Waals surface area contributed by atoms with Crippen LogP contribution in [0.4, 0.5) is 5.69 Å². The second-order valence-electron chi connectivity index (χ2n) is 5.51. The lowest BCUT2D eigenvalue weighted by Gasteiger charge is -2.34. The summed E-state index contributed by atoms with van der Waals surface area (Å²) in [5, 5.41) is 3.92. The average molecular weight is 315 g/mol. The van der Waals surface area contributed by atoms with E-state index in [1.807, 2.05) is 6.92 Å². The van der Waals surface area contributed by atoms with Gasteiger partial charge in [0.25, 0.3) is 0 Å². The van der Waals surface area contributed by atoms with E-state index in [4.69, 9.17) is 23.2 Å². The molecular formula is C15H20Cl2N2O. The molecule has 0 bridgehead atoms. The third-order valence-electron chi connectivity index (χ3n) is 3.93. The summed E-state index contributed by atoms with van der Waals surface area (Å²) in [5.41, 5.74) is 0.571. The Hall–Kier alpha value is -0.770. The van der Waals surface area contributed by atoms with Crippen molar-refractivity contribution in [2.24, 2.45) is 5.92 Å². The van der Waals surface area contributed by atoms with E-state index in [1.54, 1.807) is 18.2 Å². The normalized spacial score (nSPS) is 18.8. The van der Waals surface area contributed by atoms with Crippen LogP contribution >= 0.6 is 23.2 Å². The highest BCUT2D eigenvalue weighted by molar-refractivity contribution is 6.35. The van der Waals surface area contributed by atoms with E-state index < -0.39 is 0 Å². The third kappa shape index (κ3) is 3.87. The predicted octanol–water partition coefficient (Wildman–Crippen LogP) is 4.05. The van der Waals surface area contributed by atoms with Crippen molar-refractivity contribution < 1.29 is 4.79 Å². The average Bonchev–Trinajstić information content (AvgIpc) is 2.43. The molecule has 1 heterocycles. The number of carbonyl (C=O) groups excluding carboxylic acids is 1. The molecule has 20 heavy (non-hydrogen) atoms. The van der Waals surface area contributed by atoms with E-state index in [9.17, 15) is 4.79 Å². The quantitative estimate of drug-likeness (QED) is 0.912. The van der Waals surface area contributed by atoms with E-state index in [-0.39, 0.29) is 11.9 Å². The highest BCUT2D eigenvalue weighted by Crippen LogP contribution is 2.26. The molecule has 1 aliphatic rings. The molecule has 0 saturated carbocycles. The molecule has 1 saturated heterocycles. The second kappa shape index (κ2) is 6.79. The van der Waals surface area contributed by atoms with Gasteiger partial charge < -0.3 is 5.32 Å². The first-order chi connectivity index (χ1) is 9.47. The first-order valence-corrected chi connectivity index (χ1v) is 7.73. The number of rotatable bonds is 3. The zero-order valence-electron chi connectivity index (χ0n) is 11.8. The van der Waals surface area contributed by atoms with E-state index in [1.165, 1.54) is 0 Å². The lowest BCUT2D eigenvalue weighted by Crippen LogP contribution is -2.45. The molecule has 1 amide bonds. The van der Waals surface area contributed by atoms with Gasteiger partial charge >= 0.3 is 0 Å². The standard InChI is InChI=1S/C15H20Cl2N2O/c1-10-5-7-19(8-6-10)11(2)15(20)18-14-9-12(16)3-4-13(14)17/h3-4,9-11H,5-8H2,1-2H3,(H,18,20). The first-order valence-electron chi connectivity index (χ1n) is 6.97. The number of nitrogens with one attached hydrogen (secondary N) is 1. The van der Waals surface area contributed by atoms with Crippen LogP contribution < -0.4 is 5.32 Å². The summed E-state index contributed by atoms with van der Waals surface area (Å²) >= 11 is 12.0. The van der Waals surface area contributed by atoms with Crippen molar-refractivity contribution in [1.82, 2.24) is 4.90 Å². The second-order valence-corrected chi connectivity index (χ2v) is 6.35. The van der Waals surface area contributed by atoms with Gasteiger partial charge in [-0.2, -0.15) is 0 Å². The van der Waals surface area contributed by atoms with Gasteiger partial charge in [0.1, 0.15) is 0 Å². The fourth-order valence-corrected chi connectivity index (χ4v) is 2.75. The maximum Gasteiger partial charge on any atom is 0.241 e. The summed E-state index contributed by atoms with van der Waals surface area (Å²) in [6, 6.07) is 4.91. The number of anilines is 1. The molecule has 1 unspecified atom stereocenters. The van der Waals surface area contributed by atoms with Crippen molar-refractivity contribution in [3.63, 3.8) is 0 Å². The lowest BCUT2D eigenvalue weighted by atomic mass is 9.98. The number of hydrogen-bond donors (Lipinski definition) is 1. The number of piperidine rings is 1. The summed E-state index contributed by atoms with van der Waals surface area (Å²) in [7, 11) is 0. The van der Waals surface area contributed by atoms with E-state index in [0.29, 0.717) is 15.7 Å². The first kappa shape index (κ1) is 15.6. The topological polar surface area (TPSA) is 32.3 Å². The van der Waals surface area contributed by atoms with Crippen LogP contribution in [0.25, 0.3) is 0 Å². The van der Waals surface area contributed by atoms with Gasteiger partial charge in [0.15, 0.2) is 0 Å². The minimum absolute atomic E-state index is 0.0382. The van der Waals surface area contributed by atoms with E-state index >= 15 is 0 Å². The van der Waals surface area contributed by atoms with Crippen molar-refractivity contribution in [3.8, 4) is 0 Å². The smallest absolute Gasteiger partial charge is 0.241 e. The van der Waals surface area contributed by atoms with Crippen LogP contribution in [0.5, 0.6) is 0 Å². The number of nitrogens with zero attached hydrogens (tertiary/aromatic N) is 1. The van der Waals surface area contributed by atoms with Gasteiger partial charge in [-0.3, -0.25) is 9.69 Å². The van der Waals surface area contributed by atoms with Crippen LogP contribution in [0.1, 0.15) is 26.7 Å². The molecular weight excluding hydrogens is 295 g/mol. The fraction of sp³-hybridized carbons (Fsp3) is 0.533. The lowest BCUT2D eigenvalue weighted by molar-refractivity contribution is -0.121. The van der Waals surface area contributed by atoms with Crippen molar-refractivity contribution in [1.29, 1.82) is 0 Å². The maximum absolute atomic E-state index is 12.3. The Labute approximate surface area is 130 Å². The molecule has 3 nitrogen and oxygen atoms in total. The van der Waals surface area contributed by atoms with Crippen LogP contribution in [0, 0.1) is 5.92 Å². The monoisotopic (exact) mass is 314 g/mol. The van der Waals surface area contributed by atoms with Gasteiger partial charge in [-0.15, -0.1) is 0 Å². The molecule has 110 valence electrons. The molecule has 2 rings (SSSR count). The zero-order chi connectivity index (χ0) is 14.7. The number of amides is 1. The molecule has 1 atom stereocenters. The molecule has 0 radical (unpaired) electrons. The summed E-state index contributed by atoms with van der Waals surface area (Å²) < 4.78 is 0. The van der Waals surface area contributed by atoms with Crippen LogP contribution in [0.15, 0.2) is 18.2 Å². The molecule has 1 aromatic rings. The zero-order valence-corrected chi connectivity index (χ0v) is 13.3. The van der Waals surface area contributed by atoms with Gasteiger partial charge in [-0.25, -0.2) is 0 Å². The largest absolute Gasteiger partial charge is 0.323 e. The molecule has 5 heteroatoms.